The molecule has 182 valence electrons. The molecule has 1 heterocycles. The highest BCUT2D eigenvalue weighted by Gasteiger charge is 2.40. The predicted molar refractivity (Wildman–Crippen MR) is 120 cm³/mol. The molecule has 0 spiro atoms. The largest absolute Gasteiger partial charge is 0.481 e. The summed E-state index contributed by atoms with van der Waals surface area (Å²) in [6, 6.07) is 11.2. The number of benzene rings is 1. The van der Waals surface area contributed by atoms with E-state index in [1.54, 1.807) is 17.4 Å². The number of hydrogen-bond acceptors (Lipinski definition) is 7. The lowest BCUT2D eigenvalue weighted by molar-refractivity contribution is -0.170. The summed E-state index contributed by atoms with van der Waals surface area (Å²) in [6.07, 6.45) is -2.29. The number of nitrogens with zero attached hydrogens (tertiary/aromatic N) is 2. The Morgan fingerprint density at radius 1 is 0.939 bits per heavy atom. The molecular weight excluding hydrogens is 455 g/mol. The summed E-state index contributed by atoms with van der Waals surface area (Å²) in [4.78, 5) is 36.3. The van der Waals surface area contributed by atoms with Gasteiger partial charge in [-0.15, -0.1) is 11.3 Å². The summed E-state index contributed by atoms with van der Waals surface area (Å²) in [5.74, 6) is -5.14. The molecule has 33 heavy (non-hydrogen) atoms. The van der Waals surface area contributed by atoms with Gasteiger partial charge in [0.05, 0.1) is 12.8 Å². The zero-order chi connectivity index (χ0) is 25.0. The Morgan fingerprint density at radius 2 is 1.55 bits per heavy atom. The molecule has 0 unspecified atom stereocenters. The van der Waals surface area contributed by atoms with Gasteiger partial charge in [-0.25, -0.2) is 9.18 Å². The van der Waals surface area contributed by atoms with Crippen molar-refractivity contribution >= 4 is 29.2 Å². The van der Waals surface area contributed by atoms with Gasteiger partial charge < -0.3 is 25.3 Å². The van der Waals surface area contributed by atoms with E-state index in [4.69, 9.17) is 20.4 Å². The first-order valence-electron chi connectivity index (χ1n) is 9.95. The molecule has 0 saturated heterocycles. The lowest BCUT2D eigenvalue weighted by Gasteiger charge is -2.24. The number of likely N-dealkylation sites (N-methyl/N-ethyl adjacent to an activating group) is 1. The van der Waals surface area contributed by atoms with Crippen LogP contribution < -0.4 is 0 Å². The molecule has 0 aliphatic heterocycles. The van der Waals surface area contributed by atoms with Crippen molar-refractivity contribution in [2.75, 3.05) is 27.2 Å². The van der Waals surface area contributed by atoms with E-state index >= 15 is 0 Å². The van der Waals surface area contributed by atoms with Crippen LogP contribution in [0.25, 0.3) is 0 Å². The van der Waals surface area contributed by atoms with Crippen LogP contribution in [-0.4, -0.2) is 80.9 Å². The SMILES string of the molecule is CN(C)CCN(Cc1cccs1)Cc1ccccc1F.O=C(O)CC(O)(CC(=O)O)C(=O)O. The highest BCUT2D eigenvalue weighted by atomic mass is 32.1. The maximum absolute atomic E-state index is 13.8. The van der Waals surface area contributed by atoms with Gasteiger partial charge in [0.2, 0.25) is 0 Å². The van der Waals surface area contributed by atoms with Crippen LogP contribution in [0.3, 0.4) is 0 Å². The first-order valence-corrected chi connectivity index (χ1v) is 10.8. The fourth-order valence-electron chi connectivity index (χ4n) is 2.76. The van der Waals surface area contributed by atoms with Crippen LogP contribution >= 0.6 is 11.3 Å². The second-order valence-corrected chi connectivity index (χ2v) is 8.69. The van der Waals surface area contributed by atoms with Gasteiger partial charge in [-0.05, 0) is 31.6 Å². The number of hydrogen-bond donors (Lipinski definition) is 4. The number of aliphatic hydroxyl groups is 1. The molecule has 9 nitrogen and oxygen atoms in total. The number of aliphatic carboxylic acids is 3. The lowest BCUT2D eigenvalue weighted by Crippen LogP contribution is -2.42. The van der Waals surface area contributed by atoms with Crippen molar-refractivity contribution in [2.24, 2.45) is 0 Å². The molecule has 1 aromatic heterocycles. The molecule has 0 bridgehead atoms. The van der Waals surface area contributed by atoms with Crippen LogP contribution in [0.1, 0.15) is 23.3 Å². The number of halogens is 1. The third-order valence-electron chi connectivity index (χ3n) is 4.46. The van der Waals surface area contributed by atoms with Crippen LogP contribution in [0.2, 0.25) is 0 Å². The lowest BCUT2D eigenvalue weighted by atomic mass is 9.96. The summed E-state index contributed by atoms with van der Waals surface area (Å²) in [5, 5.41) is 35.9. The number of carboxylic acid groups (broad SMARTS) is 3. The first-order chi connectivity index (χ1) is 15.4. The van der Waals surface area contributed by atoms with Crippen LogP contribution in [0.4, 0.5) is 4.39 Å². The van der Waals surface area contributed by atoms with Crippen LogP contribution in [0.15, 0.2) is 41.8 Å². The predicted octanol–water partition coefficient (Wildman–Crippen LogP) is 2.20. The molecule has 0 radical (unpaired) electrons. The van der Waals surface area contributed by atoms with Gasteiger partial charge in [0, 0.05) is 36.6 Å². The minimum Gasteiger partial charge on any atom is -0.481 e. The average Bonchev–Trinajstić information content (AvgIpc) is 3.20. The summed E-state index contributed by atoms with van der Waals surface area (Å²) < 4.78 is 13.8. The van der Waals surface area contributed by atoms with E-state index in [1.807, 2.05) is 12.1 Å². The standard InChI is InChI=1S/C16H21FN2S.C6H8O7/c1-18(2)9-10-19(13-15-7-5-11-20-15)12-14-6-3-4-8-16(14)17;7-3(8)1-6(13,5(11)12)2-4(9)10/h3-8,11H,9-10,12-13H2,1-2H3;13H,1-2H2,(H,7,8)(H,9,10)(H,11,12). The highest BCUT2D eigenvalue weighted by molar-refractivity contribution is 7.09. The van der Waals surface area contributed by atoms with Gasteiger partial charge in [-0.3, -0.25) is 14.5 Å². The van der Waals surface area contributed by atoms with E-state index < -0.39 is 36.4 Å². The van der Waals surface area contributed by atoms with Crippen molar-refractivity contribution in [1.82, 2.24) is 9.80 Å². The van der Waals surface area contributed by atoms with Crippen molar-refractivity contribution in [1.29, 1.82) is 0 Å². The third-order valence-corrected chi connectivity index (χ3v) is 5.32. The normalized spacial score (nSPS) is 11.2. The maximum atomic E-state index is 13.8. The molecule has 0 saturated carbocycles. The van der Waals surface area contributed by atoms with Gasteiger partial charge in [-0.2, -0.15) is 0 Å². The van der Waals surface area contributed by atoms with Gasteiger partial charge in [0.15, 0.2) is 5.60 Å². The zero-order valence-electron chi connectivity index (χ0n) is 18.5. The van der Waals surface area contributed by atoms with Gasteiger partial charge in [0.25, 0.3) is 0 Å². The van der Waals surface area contributed by atoms with Crippen LogP contribution in [0, 0.1) is 5.82 Å². The molecule has 0 fully saturated rings. The van der Waals surface area contributed by atoms with E-state index in [1.165, 1.54) is 10.9 Å². The molecular formula is C22H29FN2O7S. The van der Waals surface area contributed by atoms with Gasteiger partial charge >= 0.3 is 17.9 Å². The van der Waals surface area contributed by atoms with Crippen molar-refractivity contribution < 1.29 is 39.2 Å². The van der Waals surface area contributed by atoms with Crippen molar-refractivity contribution in [2.45, 2.75) is 31.5 Å². The summed E-state index contributed by atoms with van der Waals surface area (Å²) in [6.45, 7) is 3.43. The molecule has 11 heteroatoms. The monoisotopic (exact) mass is 484 g/mol. The fourth-order valence-corrected chi connectivity index (χ4v) is 3.51. The zero-order valence-corrected chi connectivity index (χ0v) is 19.3. The van der Waals surface area contributed by atoms with Gasteiger partial charge in [0.1, 0.15) is 5.82 Å². The Labute approximate surface area is 195 Å². The molecule has 4 N–H and O–H groups in total. The third kappa shape index (κ3) is 11.0. The van der Waals surface area contributed by atoms with Gasteiger partial charge in [-0.1, -0.05) is 24.3 Å². The number of thiophene rings is 1. The highest BCUT2D eigenvalue weighted by Crippen LogP contribution is 2.17. The molecule has 2 rings (SSSR count). The molecule has 0 aliphatic carbocycles. The Morgan fingerprint density at radius 3 is 2.00 bits per heavy atom. The summed E-state index contributed by atoms with van der Waals surface area (Å²) in [7, 11) is 4.12. The van der Waals surface area contributed by atoms with E-state index in [0.717, 1.165) is 25.2 Å². The van der Waals surface area contributed by atoms with Crippen molar-refractivity contribution in [3.63, 3.8) is 0 Å². The first kappa shape index (κ1) is 28.2. The molecule has 0 amide bonds. The second-order valence-electron chi connectivity index (χ2n) is 7.66. The molecule has 2 aromatic rings. The van der Waals surface area contributed by atoms with E-state index in [-0.39, 0.29) is 5.82 Å². The van der Waals surface area contributed by atoms with Crippen molar-refractivity contribution in [3.8, 4) is 0 Å². The maximum Gasteiger partial charge on any atom is 0.336 e. The van der Waals surface area contributed by atoms with Crippen molar-refractivity contribution in [3.05, 3.63) is 58.0 Å². The fraction of sp³-hybridized carbons (Fsp3) is 0.409. The average molecular weight is 485 g/mol. The van der Waals surface area contributed by atoms with Crippen LogP contribution in [0.5, 0.6) is 0 Å². The molecule has 0 aliphatic rings. The Balaban J connectivity index is 0.000000366. The summed E-state index contributed by atoms with van der Waals surface area (Å²) >= 11 is 1.75. The minimum absolute atomic E-state index is 0.117. The quantitative estimate of drug-likeness (QED) is 0.357. The number of rotatable bonds is 12. The topological polar surface area (TPSA) is 139 Å². The Hall–Kier alpha value is -2.86. The smallest absolute Gasteiger partial charge is 0.336 e. The molecule has 0 atom stereocenters. The summed E-state index contributed by atoms with van der Waals surface area (Å²) in [5.41, 5.74) is -1.97. The Kier molecular flexibility index (Phi) is 11.6. The van der Waals surface area contributed by atoms with E-state index in [9.17, 15) is 18.8 Å². The minimum atomic E-state index is -2.74. The molecule has 1 aromatic carbocycles. The van der Waals surface area contributed by atoms with Crippen LogP contribution in [-0.2, 0) is 27.5 Å². The second kappa shape index (κ2) is 13.6. The number of carbonyl (C=O) groups is 3. The van der Waals surface area contributed by atoms with E-state index in [2.05, 4.69) is 41.4 Å². The van der Waals surface area contributed by atoms with E-state index in [0.29, 0.717) is 6.54 Å². The number of carboxylic acids is 3. The Bertz CT molecular complexity index is 890.